The molecule has 0 saturated heterocycles. The zero-order valence-electron chi connectivity index (χ0n) is 5.05. The van der Waals surface area contributed by atoms with Gasteiger partial charge in [0, 0.05) is 28.2 Å². The van der Waals surface area contributed by atoms with Crippen molar-refractivity contribution in [3.05, 3.63) is 5.73 Å². The van der Waals surface area contributed by atoms with Gasteiger partial charge in [-0.15, -0.1) is 0 Å². The van der Waals surface area contributed by atoms with Gasteiger partial charge in [-0.2, -0.15) is 0 Å². The molecule has 0 aliphatic rings. The number of nitrogens with one attached hydrogen (secondary N) is 2. The number of hydrogen-bond acceptors (Lipinski definition) is 2. The molecule has 0 fully saturated rings. The van der Waals surface area contributed by atoms with Gasteiger partial charge in [0.1, 0.15) is 6.61 Å². The molecule has 0 aromatic heterocycles. The van der Waals surface area contributed by atoms with E-state index in [-0.39, 0.29) is 40.2 Å². The molecule has 0 rings (SSSR count). The van der Waals surface area contributed by atoms with E-state index in [4.69, 9.17) is 5.73 Å². The number of rotatable bonds is 3. The molecule has 0 aliphatic heterocycles. The summed E-state index contributed by atoms with van der Waals surface area (Å²) in [5.41, 5.74) is 6.52. The van der Waals surface area contributed by atoms with Crippen molar-refractivity contribution < 1.29 is 30.6 Å². The summed E-state index contributed by atoms with van der Waals surface area (Å²) in [6, 6.07) is 0. The Morgan fingerprint density at radius 1 is 1.78 bits per heavy atom. The summed E-state index contributed by atoms with van der Waals surface area (Å²) in [4.78, 5) is 10.3. The molecule has 0 atom stereocenters. The van der Waals surface area contributed by atoms with E-state index in [2.05, 4.69) is 10.1 Å². The first-order valence-corrected chi connectivity index (χ1v) is 2.21. The number of ether oxygens (including phenoxy) is 1. The third kappa shape index (κ3) is 8.08. The quantitative estimate of drug-likeness (QED) is 0.782. The van der Waals surface area contributed by atoms with Crippen LogP contribution in [0.1, 0.15) is 0 Å². The summed E-state index contributed by atoms with van der Waals surface area (Å²) in [6.45, 7) is -0.0406. The van der Waals surface area contributed by atoms with Gasteiger partial charge < -0.3 is 15.8 Å². The number of methoxy groups -OCH3 is 1. The predicted octanol–water partition coefficient (Wildman–Crippen LogP) is -0.244. The number of amides is 1. The van der Waals surface area contributed by atoms with Crippen molar-refractivity contribution in [3.63, 3.8) is 0 Å². The Balaban J connectivity index is 0. The smallest absolute Gasteiger partial charge is 0.244 e. The minimum atomic E-state index is -0.248. The second kappa shape index (κ2) is 8.08. The van der Waals surface area contributed by atoms with Crippen LogP contribution in [-0.4, -0.2) is 26.3 Å². The van der Waals surface area contributed by atoms with Crippen molar-refractivity contribution in [2.24, 2.45) is 0 Å². The van der Waals surface area contributed by atoms with Gasteiger partial charge in [-0.1, -0.05) is 6.67 Å². The van der Waals surface area contributed by atoms with E-state index in [1.807, 2.05) is 0 Å². The fraction of sp³-hybridized carbons (Fsp3) is 0.750. The van der Waals surface area contributed by atoms with Gasteiger partial charge >= 0.3 is 0 Å². The van der Waals surface area contributed by atoms with E-state index in [0.29, 0.717) is 0 Å². The molecule has 2 N–H and O–H groups in total. The Kier molecular flexibility index (Phi) is 10.6. The first-order valence-electron chi connectivity index (χ1n) is 2.21. The van der Waals surface area contributed by atoms with E-state index < -0.39 is 0 Å². The molecule has 58 valence electrons. The van der Waals surface area contributed by atoms with Crippen LogP contribution in [0.5, 0.6) is 0 Å². The number of carbonyl (C=O) groups excluding carboxylic acids is 1. The van der Waals surface area contributed by atoms with Gasteiger partial charge in [0.2, 0.25) is 5.91 Å². The molecule has 0 spiro atoms. The topological polar surface area (TPSA) is 62.1 Å². The van der Waals surface area contributed by atoms with Crippen molar-refractivity contribution >= 4 is 5.91 Å². The zero-order chi connectivity index (χ0) is 6.41. The largest absolute Gasteiger partial charge is 0.660 e. The third-order valence-electron chi connectivity index (χ3n) is 0.561. The van der Waals surface area contributed by atoms with Crippen molar-refractivity contribution in [1.29, 1.82) is 0 Å². The van der Waals surface area contributed by atoms with Crippen molar-refractivity contribution in [1.82, 2.24) is 5.32 Å². The summed E-state index contributed by atoms with van der Waals surface area (Å²) in [5.74, 6) is -0.248. The van der Waals surface area contributed by atoms with E-state index in [1.165, 1.54) is 7.11 Å². The SMILES string of the molecule is COCC(=O)NC[NH-].[Pt]. The predicted molar refractivity (Wildman–Crippen MR) is 29.2 cm³/mol. The van der Waals surface area contributed by atoms with Gasteiger partial charge in [0.25, 0.3) is 0 Å². The van der Waals surface area contributed by atoms with Crippen LogP contribution in [0.4, 0.5) is 0 Å². The first-order chi connectivity index (χ1) is 3.81. The number of hydrogen-bond donors (Lipinski definition) is 1. The molecule has 5 heteroatoms. The van der Waals surface area contributed by atoms with Crippen molar-refractivity contribution in [3.8, 4) is 0 Å². The molecule has 0 aromatic rings. The minimum Gasteiger partial charge on any atom is -0.660 e. The average Bonchev–Trinajstić information content (AvgIpc) is 1.68. The molecular weight excluding hydrogens is 303 g/mol. The van der Waals surface area contributed by atoms with E-state index in [1.54, 1.807) is 0 Å². The maximum Gasteiger partial charge on any atom is 0.244 e. The molecule has 9 heavy (non-hydrogen) atoms. The fourth-order valence-electron chi connectivity index (χ4n) is 0.281. The van der Waals surface area contributed by atoms with Crippen LogP contribution in [0, 0.1) is 0 Å². The molecule has 0 aliphatic carbocycles. The summed E-state index contributed by atoms with van der Waals surface area (Å²) in [7, 11) is 1.43. The maximum absolute atomic E-state index is 10.3. The molecule has 0 heterocycles. The maximum atomic E-state index is 10.3. The first kappa shape index (κ1) is 11.8. The molecule has 0 radical (unpaired) electrons. The van der Waals surface area contributed by atoms with Crippen LogP contribution >= 0.6 is 0 Å². The standard InChI is InChI=1S/C4H9N2O2.Pt/c1-8-2-4(7)6-3-5;/h5H,2-3H2,1H3,(H,6,7);/q-1;. The van der Waals surface area contributed by atoms with Crippen molar-refractivity contribution in [2.45, 2.75) is 0 Å². The second-order valence-electron chi connectivity index (χ2n) is 1.21. The van der Waals surface area contributed by atoms with Gasteiger partial charge in [0.05, 0.1) is 0 Å². The van der Waals surface area contributed by atoms with E-state index in [9.17, 15) is 4.79 Å². The summed E-state index contributed by atoms with van der Waals surface area (Å²) in [5, 5.41) is 2.25. The van der Waals surface area contributed by atoms with Crippen LogP contribution in [0.15, 0.2) is 0 Å². The Bertz CT molecular complexity index is 71.0. The van der Waals surface area contributed by atoms with Crippen LogP contribution < -0.4 is 5.32 Å². The van der Waals surface area contributed by atoms with E-state index >= 15 is 0 Å². The van der Waals surface area contributed by atoms with Crippen LogP contribution in [0.2, 0.25) is 0 Å². The van der Waals surface area contributed by atoms with Gasteiger partial charge in [-0.05, 0) is 0 Å². The Hall–Kier alpha value is 0.0783. The number of carbonyl (C=O) groups is 1. The Morgan fingerprint density at radius 2 is 2.33 bits per heavy atom. The normalized spacial score (nSPS) is 7.78. The summed E-state index contributed by atoms with van der Waals surface area (Å²) < 4.78 is 4.46. The molecule has 4 nitrogen and oxygen atoms in total. The van der Waals surface area contributed by atoms with Crippen LogP contribution in [0.25, 0.3) is 5.73 Å². The van der Waals surface area contributed by atoms with E-state index in [0.717, 1.165) is 0 Å². The molecule has 0 aromatic carbocycles. The molecule has 0 saturated carbocycles. The molecule has 0 bridgehead atoms. The monoisotopic (exact) mass is 312 g/mol. The van der Waals surface area contributed by atoms with Crippen LogP contribution in [-0.2, 0) is 30.6 Å². The summed E-state index contributed by atoms with van der Waals surface area (Å²) in [6.07, 6.45) is 0. The summed E-state index contributed by atoms with van der Waals surface area (Å²) >= 11 is 0. The zero-order valence-corrected chi connectivity index (χ0v) is 7.32. The average molecular weight is 312 g/mol. The van der Waals surface area contributed by atoms with Gasteiger partial charge in [-0.3, -0.25) is 4.79 Å². The molecular formula is C4H9N2O2Pt-. The Labute approximate surface area is 68.4 Å². The second-order valence-corrected chi connectivity index (χ2v) is 1.21. The third-order valence-corrected chi connectivity index (χ3v) is 0.561. The molecule has 1 amide bonds. The fourth-order valence-corrected chi connectivity index (χ4v) is 0.281. The van der Waals surface area contributed by atoms with Gasteiger partial charge in [0.15, 0.2) is 0 Å². The van der Waals surface area contributed by atoms with Gasteiger partial charge in [-0.25, -0.2) is 0 Å². The van der Waals surface area contributed by atoms with Crippen molar-refractivity contribution in [2.75, 3.05) is 20.4 Å². The molecule has 0 unspecified atom stereocenters. The van der Waals surface area contributed by atoms with Crippen LogP contribution in [0.3, 0.4) is 0 Å². The minimum absolute atomic E-state index is 0. The Morgan fingerprint density at radius 3 is 2.67 bits per heavy atom.